The van der Waals surface area contributed by atoms with Crippen molar-refractivity contribution in [2.24, 2.45) is 0 Å². The lowest BCUT2D eigenvalue weighted by Gasteiger charge is -2.19. The van der Waals surface area contributed by atoms with Gasteiger partial charge < -0.3 is 9.47 Å². The highest BCUT2D eigenvalue weighted by atomic mass is 32.2. The largest absolute Gasteiger partial charge is 0.458 e. The molecule has 2 aromatic rings. The molecule has 0 spiro atoms. The van der Waals surface area contributed by atoms with Gasteiger partial charge in [0.2, 0.25) is 0 Å². The lowest BCUT2D eigenvalue weighted by Crippen LogP contribution is -2.17. The van der Waals surface area contributed by atoms with Gasteiger partial charge in [0.05, 0.1) is 0 Å². The third-order valence-corrected chi connectivity index (χ3v) is 5.03. The van der Waals surface area contributed by atoms with Crippen LogP contribution in [0.25, 0.3) is 0 Å². The van der Waals surface area contributed by atoms with E-state index in [0.717, 1.165) is 10.5 Å². The lowest BCUT2D eigenvalue weighted by atomic mass is 10.0. The molecule has 0 saturated heterocycles. The first kappa shape index (κ1) is 18.3. The van der Waals surface area contributed by atoms with Crippen LogP contribution in [0.2, 0.25) is 0 Å². The van der Waals surface area contributed by atoms with E-state index in [1.54, 1.807) is 11.8 Å². The molecule has 0 radical (unpaired) electrons. The highest BCUT2D eigenvalue weighted by molar-refractivity contribution is 7.99. The quantitative estimate of drug-likeness (QED) is 0.538. The minimum absolute atomic E-state index is 0.298. The smallest absolute Gasteiger partial charge is 0.335 e. The van der Waals surface area contributed by atoms with Crippen molar-refractivity contribution in [3.8, 4) is 0 Å². The molecule has 5 heteroatoms. The van der Waals surface area contributed by atoms with Crippen LogP contribution in [0, 0.1) is 0 Å². The summed E-state index contributed by atoms with van der Waals surface area (Å²) in [5, 5.41) is 0. The predicted octanol–water partition coefficient (Wildman–Crippen LogP) is 4.33. The Labute approximate surface area is 157 Å². The molecule has 0 saturated carbocycles. The second kappa shape index (κ2) is 8.72. The Morgan fingerprint density at radius 1 is 1.12 bits per heavy atom. The van der Waals surface area contributed by atoms with Crippen molar-refractivity contribution in [3.63, 3.8) is 0 Å². The number of hydrogen-bond acceptors (Lipinski definition) is 5. The Balaban J connectivity index is 1.65. The van der Waals surface area contributed by atoms with E-state index in [2.05, 4.69) is 0 Å². The number of esters is 2. The van der Waals surface area contributed by atoms with E-state index in [-0.39, 0.29) is 11.9 Å². The standard InChI is InChI=1S/C21H20O4S/c1-15(22)24-20(16-8-4-2-5-9-16)13-18-12-17(21(23)25-18)14-26-19-10-6-3-7-11-19/h2-12,18,20H,13-14H2,1H3/t18-,20+/m0/s1. The number of carbonyl (C=O) groups excluding carboxylic acids is 2. The van der Waals surface area contributed by atoms with Crippen LogP contribution in [0.5, 0.6) is 0 Å². The number of carbonyl (C=O) groups is 2. The molecule has 4 nitrogen and oxygen atoms in total. The molecule has 134 valence electrons. The second-order valence-electron chi connectivity index (χ2n) is 5.98. The van der Waals surface area contributed by atoms with Crippen LogP contribution in [0.1, 0.15) is 25.0 Å². The van der Waals surface area contributed by atoms with Crippen LogP contribution in [0.15, 0.2) is 77.2 Å². The van der Waals surface area contributed by atoms with Crippen LogP contribution in [-0.2, 0) is 19.1 Å². The maximum Gasteiger partial charge on any atom is 0.335 e. The molecule has 1 aliphatic heterocycles. The van der Waals surface area contributed by atoms with Crippen molar-refractivity contribution in [1.29, 1.82) is 0 Å². The molecular weight excluding hydrogens is 348 g/mol. The second-order valence-corrected chi connectivity index (χ2v) is 7.03. The van der Waals surface area contributed by atoms with Crippen molar-refractivity contribution in [2.75, 3.05) is 5.75 Å². The van der Waals surface area contributed by atoms with Crippen LogP contribution in [0.4, 0.5) is 0 Å². The molecule has 0 unspecified atom stereocenters. The van der Waals surface area contributed by atoms with E-state index in [4.69, 9.17) is 9.47 Å². The van der Waals surface area contributed by atoms with Gasteiger partial charge in [0.25, 0.3) is 0 Å². The maximum absolute atomic E-state index is 12.1. The summed E-state index contributed by atoms with van der Waals surface area (Å²) in [6.45, 7) is 1.38. The van der Waals surface area contributed by atoms with Gasteiger partial charge in [-0.15, -0.1) is 11.8 Å². The molecule has 26 heavy (non-hydrogen) atoms. The summed E-state index contributed by atoms with van der Waals surface area (Å²) in [5.74, 6) is -0.0943. The average molecular weight is 368 g/mol. The minimum Gasteiger partial charge on any atom is -0.458 e. The van der Waals surface area contributed by atoms with Gasteiger partial charge in [0.15, 0.2) is 0 Å². The van der Waals surface area contributed by atoms with E-state index in [1.807, 2.05) is 66.7 Å². The fourth-order valence-electron chi connectivity index (χ4n) is 2.77. The summed E-state index contributed by atoms with van der Waals surface area (Å²) in [7, 11) is 0. The number of hydrogen-bond donors (Lipinski definition) is 0. The molecule has 2 aromatic carbocycles. The molecule has 0 bridgehead atoms. The average Bonchev–Trinajstić information content (AvgIpc) is 3.00. The van der Waals surface area contributed by atoms with Gasteiger partial charge in [0.1, 0.15) is 12.2 Å². The molecule has 0 fully saturated rings. The predicted molar refractivity (Wildman–Crippen MR) is 101 cm³/mol. The number of cyclic esters (lactones) is 1. The van der Waals surface area contributed by atoms with Crippen molar-refractivity contribution in [1.82, 2.24) is 0 Å². The highest BCUT2D eigenvalue weighted by Gasteiger charge is 2.29. The summed E-state index contributed by atoms with van der Waals surface area (Å²) >= 11 is 1.59. The molecule has 3 rings (SSSR count). The van der Waals surface area contributed by atoms with Gasteiger partial charge in [-0.25, -0.2) is 4.79 Å². The minimum atomic E-state index is -0.441. The first-order valence-electron chi connectivity index (χ1n) is 8.43. The van der Waals surface area contributed by atoms with Crippen LogP contribution in [-0.4, -0.2) is 23.8 Å². The number of ether oxygens (including phenoxy) is 2. The molecular formula is C21H20O4S. The maximum atomic E-state index is 12.1. The summed E-state index contributed by atoms with van der Waals surface area (Å²) in [4.78, 5) is 24.7. The third-order valence-electron chi connectivity index (χ3n) is 3.97. The zero-order valence-electron chi connectivity index (χ0n) is 14.5. The molecule has 0 amide bonds. The van der Waals surface area contributed by atoms with Crippen LogP contribution < -0.4 is 0 Å². The zero-order valence-corrected chi connectivity index (χ0v) is 15.3. The summed E-state index contributed by atoms with van der Waals surface area (Å²) in [6, 6.07) is 19.4. The fraction of sp³-hybridized carbons (Fsp3) is 0.238. The third kappa shape index (κ3) is 4.99. The Morgan fingerprint density at radius 3 is 2.42 bits per heavy atom. The summed E-state index contributed by atoms with van der Waals surface area (Å²) in [5.41, 5.74) is 1.54. The molecule has 0 N–H and O–H groups in total. The van der Waals surface area contributed by atoms with E-state index in [0.29, 0.717) is 17.7 Å². The van der Waals surface area contributed by atoms with Crippen molar-refractivity contribution < 1.29 is 19.1 Å². The highest BCUT2D eigenvalue weighted by Crippen LogP contribution is 2.30. The van der Waals surface area contributed by atoms with Gasteiger partial charge >= 0.3 is 11.9 Å². The summed E-state index contributed by atoms with van der Waals surface area (Å²) in [6.07, 6.45) is 1.43. The summed E-state index contributed by atoms with van der Waals surface area (Å²) < 4.78 is 10.9. The Hall–Kier alpha value is -2.53. The van der Waals surface area contributed by atoms with E-state index in [1.165, 1.54) is 6.92 Å². The first-order chi connectivity index (χ1) is 12.6. The fourth-order valence-corrected chi connectivity index (χ4v) is 3.66. The van der Waals surface area contributed by atoms with Crippen molar-refractivity contribution in [3.05, 3.63) is 77.9 Å². The van der Waals surface area contributed by atoms with Gasteiger partial charge in [0, 0.05) is 29.6 Å². The first-order valence-corrected chi connectivity index (χ1v) is 9.42. The van der Waals surface area contributed by atoms with E-state index < -0.39 is 12.2 Å². The number of rotatable bonds is 7. The number of thioether (sulfide) groups is 1. The van der Waals surface area contributed by atoms with Crippen LogP contribution in [0.3, 0.4) is 0 Å². The van der Waals surface area contributed by atoms with E-state index >= 15 is 0 Å². The lowest BCUT2D eigenvalue weighted by molar-refractivity contribution is -0.149. The topological polar surface area (TPSA) is 52.6 Å². The molecule has 1 heterocycles. The zero-order chi connectivity index (χ0) is 18.4. The normalized spacial score (nSPS) is 17.3. The van der Waals surface area contributed by atoms with E-state index in [9.17, 15) is 9.59 Å². The SMILES string of the molecule is CC(=O)O[C@H](C[C@@H]1C=C(CSc2ccccc2)C(=O)O1)c1ccccc1. The Morgan fingerprint density at radius 2 is 1.77 bits per heavy atom. The van der Waals surface area contributed by atoms with Gasteiger partial charge in [-0.3, -0.25) is 4.79 Å². The van der Waals surface area contributed by atoms with Gasteiger partial charge in [-0.2, -0.15) is 0 Å². The number of benzene rings is 2. The van der Waals surface area contributed by atoms with Crippen molar-refractivity contribution in [2.45, 2.75) is 30.4 Å². The molecule has 1 aliphatic rings. The monoisotopic (exact) mass is 368 g/mol. The van der Waals surface area contributed by atoms with Crippen LogP contribution >= 0.6 is 11.8 Å². The molecule has 0 aromatic heterocycles. The Bertz CT molecular complexity index is 786. The molecule has 2 atom stereocenters. The Kier molecular flexibility index (Phi) is 6.12. The van der Waals surface area contributed by atoms with Gasteiger partial charge in [-0.1, -0.05) is 48.5 Å². The molecule has 0 aliphatic carbocycles. The van der Waals surface area contributed by atoms with Gasteiger partial charge in [-0.05, 0) is 23.8 Å². The van der Waals surface area contributed by atoms with Crippen molar-refractivity contribution >= 4 is 23.7 Å².